The summed E-state index contributed by atoms with van der Waals surface area (Å²) in [6.45, 7) is 1.78. The first-order valence-electron chi connectivity index (χ1n) is 5.90. The Labute approximate surface area is 101 Å². The third kappa shape index (κ3) is 1.74. The molecule has 0 N–H and O–H groups in total. The lowest BCUT2D eigenvalue weighted by Crippen LogP contribution is -2.41. The van der Waals surface area contributed by atoms with E-state index >= 15 is 0 Å². The fourth-order valence-corrected chi connectivity index (χ4v) is 2.41. The van der Waals surface area contributed by atoms with Crippen molar-refractivity contribution in [3.63, 3.8) is 0 Å². The maximum absolute atomic E-state index is 12.3. The van der Waals surface area contributed by atoms with Crippen molar-refractivity contribution in [1.82, 2.24) is 4.90 Å². The molecule has 4 heteroatoms. The highest BCUT2D eigenvalue weighted by atomic mass is 16.2. The van der Waals surface area contributed by atoms with Gasteiger partial charge < -0.3 is 4.90 Å². The second kappa shape index (κ2) is 3.96. The zero-order chi connectivity index (χ0) is 11.8. The molecule has 1 aromatic rings. The molecule has 1 atom stereocenters. The fourth-order valence-electron chi connectivity index (χ4n) is 2.41. The lowest BCUT2D eigenvalue weighted by atomic mass is 9.96. The molecule has 1 unspecified atom stereocenters. The fraction of sp³-hybridized carbons (Fsp3) is 0.385. The summed E-state index contributed by atoms with van der Waals surface area (Å²) in [5.41, 5.74) is 1.90. The van der Waals surface area contributed by atoms with E-state index in [2.05, 4.69) is 17.0 Å². The molecular weight excluding hydrogens is 214 g/mol. The van der Waals surface area contributed by atoms with Crippen LogP contribution in [-0.2, 0) is 4.79 Å². The first-order valence-corrected chi connectivity index (χ1v) is 5.90. The van der Waals surface area contributed by atoms with Gasteiger partial charge in [-0.25, -0.2) is 5.01 Å². The number of benzene rings is 1. The quantitative estimate of drug-likeness (QED) is 0.728. The average Bonchev–Trinajstić information content (AvgIpc) is 2.68. The maximum atomic E-state index is 12.3. The van der Waals surface area contributed by atoms with Crippen LogP contribution in [0.5, 0.6) is 0 Å². The summed E-state index contributed by atoms with van der Waals surface area (Å²) in [5.74, 6) is 0.0757. The van der Waals surface area contributed by atoms with E-state index < -0.39 is 0 Å². The molecule has 3 rings (SSSR count). The lowest BCUT2D eigenvalue weighted by Gasteiger charge is -2.26. The number of piperidine rings is 1. The molecule has 4 nitrogen and oxygen atoms in total. The molecule has 1 amide bonds. The summed E-state index contributed by atoms with van der Waals surface area (Å²) in [6.07, 6.45) is 0.899. The molecular formula is C13H15N3O. The highest BCUT2D eigenvalue weighted by Gasteiger charge is 2.39. The van der Waals surface area contributed by atoms with Crippen LogP contribution in [0.25, 0.3) is 0 Å². The van der Waals surface area contributed by atoms with Crippen molar-refractivity contribution in [2.75, 3.05) is 25.1 Å². The number of likely N-dealkylation sites (tertiary alicyclic amines) is 1. The van der Waals surface area contributed by atoms with Gasteiger partial charge in [0.05, 0.1) is 17.3 Å². The first-order chi connectivity index (χ1) is 8.25. The number of hydrogen-bond donors (Lipinski definition) is 0. The second-order valence-corrected chi connectivity index (χ2v) is 4.64. The van der Waals surface area contributed by atoms with E-state index in [-0.39, 0.29) is 11.8 Å². The van der Waals surface area contributed by atoms with Gasteiger partial charge in [-0.05, 0) is 19.2 Å². The number of anilines is 1. The minimum Gasteiger partial charge on any atom is -0.305 e. The molecule has 0 bridgehead atoms. The molecule has 0 radical (unpaired) electrons. The Morgan fingerprint density at radius 3 is 2.82 bits per heavy atom. The number of hydrazone groups is 1. The molecule has 88 valence electrons. The van der Waals surface area contributed by atoms with E-state index in [0.29, 0.717) is 0 Å². The van der Waals surface area contributed by atoms with Crippen LogP contribution in [0, 0.1) is 5.92 Å². The third-order valence-corrected chi connectivity index (χ3v) is 3.38. The van der Waals surface area contributed by atoms with Crippen molar-refractivity contribution in [3.05, 3.63) is 30.3 Å². The Morgan fingerprint density at radius 1 is 1.29 bits per heavy atom. The normalized spacial score (nSPS) is 24.8. The summed E-state index contributed by atoms with van der Waals surface area (Å²) in [6, 6.07) is 9.64. The Kier molecular flexibility index (Phi) is 2.44. The van der Waals surface area contributed by atoms with Crippen LogP contribution in [0.1, 0.15) is 6.42 Å². The monoisotopic (exact) mass is 229 g/mol. The van der Waals surface area contributed by atoms with E-state index in [4.69, 9.17) is 0 Å². The standard InChI is InChI=1S/C13H15N3O/c1-15-8-7-12-11(9-15)13(17)16(14-12)10-5-3-2-4-6-10/h2-6,11H,7-9H2,1H3. The molecule has 0 saturated carbocycles. The van der Waals surface area contributed by atoms with Gasteiger partial charge in [0.2, 0.25) is 0 Å². The predicted octanol–water partition coefficient (Wildman–Crippen LogP) is 1.34. The van der Waals surface area contributed by atoms with Gasteiger partial charge in [0.15, 0.2) is 0 Å². The minimum absolute atomic E-state index is 0.0334. The van der Waals surface area contributed by atoms with Gasteiger partial charge in [0.25, 0.3) is 5.91 Å². The number of hydrogen-bond acceptors (Lipinski definition) is 3. The van der Waals surface area contributed by atoms with Crippen LogP contribution >= 0.6 is 0 Å². The first kappa shape index (κ1) is 10.5. The van der Waals surface area contributed by atoms with Crippen molar-refractivity contribution in [2.24, 2.45) is 11.0 Å². The average molecular weight is 229 g/mol. The minimum atomic E-state index is -0.0334. The van der Waals surface area contributed by atoms with Crippen LogP contribution in [0.15, 0.2) is 35.4 Å². The largest absolute Gasteiger partial charge is 0.305 e. The molecule has 1 aromatic carbocycles. The number of rotatable bonds is 1. The number of para-hydroxylation sites is 1. The Morgan fingerprint density at radius 2 is 2.06 bits per heavy atom. The smallest absolute Gasteiger partial charge is 0.257 e. The van der Waals surface area contributed by atoms with Crippen LogP contribution in [-0.4, -0.2) is 36.7 Å². The zero-order valence-corrected chi connectivity index (χ0v) is 9.84. The number of carbonyl (C=O) groups excluding carboxylic acids is 1. The second-order valence-electron chi connectivity index (χ2n) is 4.64. The maximum Gasteiger partial charge on any atom is 0.257 e. The molecule has 0 aromatic heterocycles. The van der Waals surface area contributed by atoms with Crippen LogP contribution in [0.2, 0.25) is 0 Å². The Bertz CT molecular complexity index is 469. The molecule has 17 heavy (non-hydrogen) atoms. The van der Waals surface area contributed by atoms with Crippen LogP contribution in [0.3, 0.4) is 0 Å². The molecule has 2 aliphatic heterocycles. The highest BCUT2D eigenvalue weighted by Crippen LogP contribution is 2.27. The molecule has 1 fully saturated rings. The number of carbonyl (C=O) groups is 1. The van der Waals surface area contributed by atoms with Gasteiger partial charge in [0, 0.05) is 19.5 Å². The summed E-state index contributed by atoms with van der Waals surface area (Å²) >= 11 is 0. The molecule has 1 saturated heterocycles. The Balaban J connectivity index is 1.90. The van der Waals surface area contributed by atoms with Gasteiger partial charge in [-0.1, -0.05) is 18.2 Å². The highest BCUT2D eigenvalue weighted by molar-refractivity contribution is 6.16. The summed E-state index contributed by atoms with van der Waals surface area (Å²) in [5, 5.41) is 6.02. The predicted molar refractivity (Wildman–Crippen MR) is 67.0 cm³/mol. The summed E-state index contributed by atoms with van der Waals surface area (Å²) < 4.78 is 0. The van der Waals surface area contributed by atoms with Gasteiger partial charge >= 0.3 is 0 Å². The van der Waals surface area contributed by atoms with E-state index in [9.17, 15) is 4.79 Å². The molecule has 0 aliphatic carbocycles. The van der Waals surface area contributed by atoms with Crippen molar-refractivity contribution in [2.45, 2.75) is 6.42 Å². The number of fused-ring (bicyclic) bond motifs is 1. The van der Waals surface area contributed by atoms with E-state index in [1.807, 2.05) is 30.3 Å². The van der Waals surface area contributed by atoms with Crippen LogP contribution in [0.4, 0.5) is 5.69 Å². The topological polar surface area (TPSA) is 35.9 Å². The number of amides is 1. The summed E-state index contributed by atoms with van der Waals surface area (Å²) in [7, 11) is 2.05. The third-order valence-electron chi connectivity index (χ3n) is 3.38. The van der Waals surface area contributed by atoms with E-state index in [1.165, 1.54) is 0 Å². The van der Waals surface area contributed by atoms with Gasteiger partial charge in [-0.2, -0.15) is 5.10 Å². The molecule has 2 heterocycles. The van der Waals surface area contributed by atoms with Gasteiger partial charge in [0.1, 0.15) is 0 Å². The number of nitrogens with zero attached hydrogens (tertiary/aromatic N) is 3. The van der Waals surface area contributed by atoms with Gasteiger partial charge in [-0.3, -0.25) is 4.79 Å². The molecule has 2 aliphatic rings. The van der Waals surface area contributed by atoms with E-state index in [0.717, 1.165) is 30.9 Å². The van der Waals surface area contributed by atoms with Crippen molar-refractivity contribution >= 4 is 17.3 Å². The Hall–Kier alpha value is -1.68. The molecule has 0 spiro atoms. The van der Waals surface area contributed by atoms with Crippen molar-refractivity contribution < 1.29 is 4.79 Å². The zero-order valence-electron chi connectivity index (χ0n) is 9.84. The van der Waals surface area contributed by atoms with Gasteiger partial charge in [-0.15, -0.1) is 0 Å². The van der Waals surface area contributed by atoms with Crippen molar-refractivity contribution in [3.8, 4) is 0 Å². The van der Waals surface area contributed by atoms with Crippen molar-refractivity contribution in [1.29, 1.82) is 0 Å². The van der Waals surface area contributed by atoms with Crippen LogP contribution < -0.4 is 5.01 Å². The van der Waals surface area contributed by atoms with E-state index in [1.54, 1.807) is 5.01 Å². The SMILES string of the molecule is CN1CCC2=NN(c3ccccc3)C(=O)C2C1. The summed E-state index contributed by atoms with van der Waals surface area (Å²) in [4.78, 5) is 14.5. The lowest BCUT2D eigenvalue weighted by molar-refractivity contribution is -0.120.